The minimum absolute atomic E-state index is 0.254. The average Bonchev–Trinajstić information content (AvgIpc) is 2.71. The highest BCUT2D eigenvalue weighted by molar-refractivity contribution is 7.99. The lowest BCUT2D eigenvalue weighted by Gasteiger charge is -2.39. The number of esters is 3. The summed E-state index contributed by atoms with van der Waals surface area (Å²) >= 11 is 1.25. The van der Waals surface area contributed by atoms with Gasteiger partial charge >= 0.3 is 17.9 Å². The number of aromatic nitrogens is 1. The quantitative estimate of drug-likeness (QED) is 0.457. The van der Waals surface area contributed by atoms with E-state index in [2.05, 4.69) is 4.98 Å². The van der Waals surface area contributed by atoms with Gasteiger partial charge in [0.25, 0.3) is 0 Å². The predicted molar refractivity (Wildman–Crippen MR) is 118 cm³/mol. The van der Waals surface area contributed by atoms with Gasteiger partial charge in [0.15, 0.2) is 23.7 Å². The largest absolute Gasteiger partial charge is 0.474 e. The highest BCUT2D eigenvalue weighted by Gasteiger charge is 2.47. The molecule has 0 unspecified atom stereocenters. The molecule has 1 aromatic heterocycles. The lowest BCUT2D eigenvalue weighted by atomic mass is 10.0. The van der Waals surface area contributed by atoms with Crippen LogP contribution in [0.15, 0.2) is 36.7 Å². The van der Waals surface area contributed by atoms with E-state index in [1.54, 1.807) is 25.3 Å². The third kappa shape index (κ3) is 6.44. The number of carbonyl (C=O) groups is 3. The van der Waals surface area contributed by atoms with E-state index in [4.69, 9.17) is 18.9 Å². The van der Waals surface area contributed by atoms with E-state index in [0.29, 0.717) is 11.3 Å². The molecule has 10 heteroatoms. The van der Waals surface area contributed by atoms with Crippen molar-refractivity contribution in [3.8, 4) is 16.9 Å². The summed E-state index contributed by atoms with van der Waals surface area (Å²) < 4.78 is 35.7. The second kappa shape index (κ2) is 10.7. The molecule has 2 aromatic rings. The molecule has 8 nitrogen and oxygen atoms in total. The van der Waals surface area contributed by atoms with Gasteiger partial charge in [-0.3, -0.25) is 19.4 Å². The van der Waals surface area contributed by atoms with Gasteiger partial charge in [0.05, 0.1) is 6.20 Å². The monoisotopic (exact) mass is 477 g/mol. The third-order valence-corrected chi connectivity index (χ3v) is 5.98. The molecule has 0 aliphatic carbocycles. The highest BCUT2D eigenvalue weighted by Crippen LogP contribution is 2.35. The first kappa shape index (κ1) is 24.5. The van der Waals surface area contributed by atoms with Crippen molar-refractivity contribution in [3.63, 3.8) is 0 Å². The topological polar surface area (TPSA) is 101 Å². The zero-order chi connectivity index (χ0) is 24.1. The van der Waals surface area contributed by atoms with E-state index in [-0.39, 0.29) is 11.6 Å². The second-order valence-electron chi connectivity index (χ2n) is 7.48. The molecular weight excluding hydrogens is 453 g/mol. The number of hydrogen-bond acceptors (Lipinski definition) is 9. The molecule has 1 fully saturated rings. The van der Waals surface area contributed by atoms with Crippen LogP contribution >= 0.6 is 11.8 Å². The van der Waals surface area contributed by atoms with Crippen molar-refractivity contribution in [2.45, 2.75) is 51.4 Å². The summed E-state index contributed by atoms with van der Waals surface area (Å²) in [4.78, 5) is 39.2. The number of carbonyl (C=O) groups excluding carboxylic acids is 3. The van der Waals surface area contributed by atoms with Gasteiger partial charge in [-0.05, 0) is 36.2 Å². The van der Waals surface area contributed by atoms with Gasteiger partial charge in [0.2, 0.25) is 0 Å². The molecule has 0 amide bonds. The molecule has 0 spiro atoms. The number of pyridine rings is 1. The summed E-state index contributed by atoms with van der Waals surface area (Å²) in [7, 11) is 0. The van der Waals surface area contributed by atoms with Crippen LogP contribution in [-0.2, 0) is 28.6 Å². The third-order valence-electron chi connectivity index (χ3n) is 4.77. The number of thioether (sulfide) groups is 1. The molecule has 0 radical (unpaired) electrons. The molecule has 1 aromatic carbocycles. The van der Waals surface area contributed by atoms with Crippen LogP contribution in [-0.4, -0.2) is 52.4 Å². The smallest absolute Gasteiger partial charge is 0.303 e. The van der Waals surface area contributed by atoms with Gasteiger partial charge in [0, 0.05) is 38.3 Å². The maximum Gasteiger partial charge on any atom is 0.303 e. The SMILES string of the molecule is CC(=O)O[C@@H]1[C@@H](OC(C)=O)[C@H](OC(C)=O)CS[C@H]1Oc1cncc(-c2ccc(F)cc2C)c1. The molecule has 0 N–H and O–H groups in total. The zero-order valence-corrected chi connectivity index (χ0v) is 19.4. The minimum Gasteiger partial charge on any atom is -0.474 e. The number of nitrogens with zero attached hydrogens (tertiary/aromatic N) is 1. The first-order valence-electron chi connectivity index (χ1n) is 10.2. The van der Waals surface area contributed by atoms with Crippen molar-refractivity contribution < 1.29 is 37.7 Å². The van der Waals surface area contributed by atoms with Crippen LogP contribution < -0.4 is 4.74 Å². The number of rotatable bonds is 6. The number of hydrogen-bond donors (Lipinski definition) is 0. The summed E-state index contributed by atoms with van der Waals surface area (Å²) in [6.45, 7) is 5.47. The lowest BCUT2D eigenvalue weighted by molar-refractivity contribution is -0.186. The average molecular weight is 478 g/mol. The Morgan fingerprint density at radius 3 is 2.27 bits per heavy atom. The first-order valence-corrected chi connectivity index (χ1v) is 11.2. The van der Waals surface area contributed by atoms with Crippen LogP contribution in [0, 0.1) is 12.7 Å². The second-order valence-corrected chi connectivity index (χ2v) is 8.62. The van der Waals surface area contributed by atoms with Gasteiger partial charge in [-0.1, -0.05) is 6.07 Å². The highest BCUT2D eigenvalue weighted by atomic mass is 32.2. The van der Waals surface area contributed by atoms with Gasteiger partial charge in [-0.25, -0.2) is 4.39 Å². The number of aryl methyl sites for hydroxylation is 1. The van der Waals surface area contributed by atoms with Gasteiger partial charge < -0.3 is 18.9 Å². The first-order chi connectivity index (χ1) is 15.6. The fraction of sp³-hybridized carbons (Fsp3) is 0.391. The molecule has 2 heterocycles. The molecule has 1 aliphatic rings. The minimum atomic E-state index is -1.04. The van der Waals surface area contributed by atoms with Crippen LogP contribution in [0.2, 0.25) is 0 Å². The van der Waals surface area contributed by atoms with Crippen molar-refractivity contribution in [2.75, 3.05) is 5.75 Å². The van der Waals surface area contributed by atoms with E-state index >= 15 is 0 Å². The predicted octanol–water partition coefficient (Wildman–Crippen LogP) is 3.44. The van der Waals surface area contributed by atoms with Crippen LogP contribution in [0.3, 0.4) is 0 Å². The van der Waals surface area contributed by atoms with E-state index in [1.807, 2.05) is 0 Å². The maximum atomic E-state index is 13.5. The Morgan fingerprint density at radius 1 is 0.970 bits per heavy atom. The fourth-order valence-electron chi connectivity index (χ4n) is 3.53. The molecule has 0 saturated carbocycles. The van der Waals surface area contributed by atoms with E-state index in [9.17, 15) is 18.8 Å². The standard InChI is InChI=1S/C23H24FNO7S/c1-12-7-17(24)5-6-19(12)16-8-18(10-25-9-16)32-23-22(31-15(4)28)21(30-14(3)27)20(11-33-23)29-13(2)26/h5-10,20-23H,11H2,1-4H3/t20-,21+,22-,23-/m1/s1. The Labute approximate surface area is 194 Å². The van der Waals surface area contributed by atoms with E-state index in [0.717, 1.165) is 11.1 Å². The van der Waals surface area contributed by atoms with Crippen molar-refractivity contribution in [2.24, 2.45) is 0 Å². The molecule has 1 saturated heterocycles. The van der Waals surface area contributed by atoms with Crippen LogP contribution in [0.25, 0.3) is 11.1 Å². The normalized spacial score (nSPS) is 22.2. The summed E-state index contributed by atoms with van der Waals surface area (Å²) in [5.41, 5.74) is 1.47. The Balaban J connectivity index is 1.88. The van der Waals surface area contributed by atoms with E-state index < -0.39 is 41.7 Å². The summed E-state index contributed by atoms with van der Waals surface area (Å²) in [6.07, 6.45) is 0.227. The Morgan fingerprint density at radius 2 is 1.64 bits per heavy atom. The van der Waals surface area contributed by atoms with Crippen LogP contribution in [0.5, 0.6) is 5.75 Å². The molecule has 176 valence electrons. The number of benzene rings is 1. The van der Waals surface area contributed by atoms with Crippen LogP contribution in [0.1, 0.15) is 26.3 Å². The van der Waals surface area contributed by atoms with Gasteiger partial charge in [-0.2, -0.15) is 0 Å². The Bertz CT molecular complexity index is 1050. The summed E-state index contributed by atoms with van der Waals surface area (Å²) in [5, 5.41) is 0. The molecule has 0 bridgehead atoms. The summed E-state index contributed by atoms with van der Waals surface area (Å²) in [6, 6.07) is 6.18. The Kier molecular flexibility index (Phi) is 7.91. The maximum absolute atomic E-state index is 13.5. The lowest BCUT2D eigenvalue weighted by Crippen LogP contribution is -2.55. The van der Waals surface area contributed by atoms with Crippen LogP contribution in [0.4, 0.5) is 4.39 Å². The van der Waals surface area contributed by atoms with Crippen molar-refractivity contribution in [1.82, 2.24) is 4.98 Å². The molecule has 4 atom stereocenters. The number of ether oxygens (including phenoxy) is 4. The fourth-order valence-corrected chi connectivity index (χ4v) is 4.74. The molecule has 3 rings (SSSR count). The van der Waals surface area contributed by atoms with Crippen molar-refractivity contribution in [3.05, 3.63) is 48.0 Å². The molecular formula is C23H24FNO7S. The van der Waals surface area contributed by atoms with Gasteiger partial charge in [0.1, 0.15) is 11.6 Å². The zero-order valence-electron chi connectivity index (χ0n) is 18.6. The van der Waals surface area contributed by atoms with Crippen molar-refractivity contribution in [1.29, 1.82) is 0 Å². The van der Waals surface area contributed by atoms with Gasteiger partial charge in [-0.15, -0.1) is 11.8 Å². The number of halogens is 1. The molecule has 1 aliphatic heterocycles. The Hall–Kier alpha value is -3.14. The summed E-state index contributed by atoms with van der Waals surface area (Å²) in [5.74, 6) is -1.48. The van der Waals surface area contributed by atoms with E-state index in [1.165, 1.54) is 50.9 Å². The van der Waals surface area contributed by atoms with Crippen molar-refractivity contribution >= 4 is 29.7 Å². The molecule has 33 heavy (non-hydrogen) atoms.